The average Bonchev–Trinajstić information content (AvgIpc) is 2.50. The summed E-state index contributed by atoms with van der Waals surface area (Å²) in [5, 5.41) is 3.18. The highest BCUT2D eigenvalue weighted by molar-refractivity contribution is 5.32. The van der Waals surface area contributed by atoms with Gasteiger partial charge in [-0.1, -0.05) is 24.3 Å². The highest BCUT2D eigenvalue weighted by Gasteiger charge is 2.14. The van der Waals surface area contributed by atoms with Gasteiger partial charge in [0, 0.05) is 6.04 Å². The van der Waals surface area contributed by atoms with E-state index in [1.54, 1.807) is 30.3 Å². The maximum atomic E-state index is 14.2. The molecule has 2 aromatic rings. The Bertz CT molecular complexity index is 584. The second-order valence-corrected chi connectivity index (χ2v) is 4.95. The van der Waals surface area contributed by atoms with E-state index >= 15 is 0 Å². The zero-order chi connectivity index (χ0) is 15.2. The van der Waals surface area contributed by atoms with Crippen molar-refractivity contribution in [2.24, 2.45) is 0 Å². The number of likely N-dealkylation sites (N-methyl/N-ethyl adjacent to an activating group) is 1. The maximum absolute atomic E-state index is 14.2. The Morgan fingerprint density at radius 1 is 1.05 bits per heavy atom. The van der Waals surface area contributed by atoms with Gasteiger partial charge in [-0.25, -0.2) is 8.78 Å². The minimum Gasteiger partial charge on any atom is -0.494 e. The molecule has 0 saturated heterocycles. The van der Waals surface area contributed by atoms with Gasteiger partial charge in [-0.2, -0.15) is 0 Å². The lowest BCUT2D eigenvalue weighted by Gasteiger charge is -2.17. The topological polar surface area (TPSA) is 21.3 Å². The zero-order valence-electron chi connectivity index (χ0n) is 12.2. The largest absolute Gasteiger partial charge is 0.494 e. The molecule has 0 saturated carbocycles. The minimum atomic E-state index is -0.320. The predicted octanol–water partition coefficient (Wildman–Crippen LogP) is 3.35. The van der Waals surface area contributed by atoms with Crippen molar-refractivity contribution in [2.45, 2.75) is 18.9 Å². The number of hydrogen-bond donors (Lipinski definition) is 1. The second-order valence-electron chi connectivity index (χ2n) is 4.95. The fourth-order valence-corrected chi connectivity index (χ4v) is 2.32. The van der Waals surface area contributed by atoms with Crippen molar-refractivity contribution < 1.29 is 13.5 Å². The van der Waals surface area contributed by atoms with Gasteiger partial charge in [0.1, 0.15) is 5.82 Å². The first-order valence-corrected chi connectivity index (χ1v) is 6.87. The molecule has 0 amide bonds. The van der Waals surface area contributed by atoms with Crippen LogP contribution in [0.25, 0.3) is 0 Å². The Morgan fingerprint density at radius 2 is 1.76 bits per heavy atom. The predicted molar refractivity (Wildman–Crippen MR) is 79.6 cm³/mol. The molecule has 0 heterocycles. The smallest absolute Gasteiger partial charge is 0.168 e. The minimum absolute atomic E-state index is 0.0667. The van der Waals surface area contributed by atoms with Crippen LogP contribution >= 0.6 is 0 Å². The van der Waals surface area contributed by atoms with Crippen LogP contribution in [-0.4, -0.2) is 20.2 Å². The van der Waals surface area contributed by atoms with E-state index in [2.05, 4.69) is 5.32 Å². The molecule has 2 aromatic carbocycles. The fourth-order valence-electron chi connectivity index (χ4n) is 2.32. The number of rotatable bonds is 6. The summed E-state index contributed by atoms with van der Waals surface area (Å²) < 4.78 is 32.1. The van der Waals surface area contributed by atoms with E-state index in [0.717, 1.165) is 5.56 Å². The molecule has 2 nitrogen and oxygen atoms in total. The van der Waals surface area contributed by atoms with Crippen LogP contribution in [0.5, 0.6) is 5.75 Å². The summed E-state index contributed by atoms with van der Waals surface area (Å²) in [6.45, 7) is 0. The molecule has 1 N–H and O–H groups in total. The summed E-state index contributed by atoms with van der Waals surface area (Å²) in [6, 6.07) is 11.6. The van der Waals surface area contributed by atoms with Crippen molar-refractivity contribution in [1.29, 1.82) is 0 Å². The monoisotopic (exact) mass is 291 g/mol. The Labute approximate surface area is 123 Å². The molecule has 1 atom stereocenters. The van der Waals surface area contributed by atoms with Crippen molar-refractivity contribution in [3.63, 3.8) is 0 Å². The molecule has 0 aliphatic heterocycles. The molecule has 0 spiro atoms. The molecule has 112 valence electrons. The van der Waals surface area contributed by atoms with Crippen LogP contribution in [0.1, 0.15) is 11.1 Å². The molecule has 2 rings (SSSR count). The molecule has 0 aliphatic carbocycles. The van der Waals surface area contributed by atoms with Gasteiger partial charge in [0.05, 0.1) is 7.11 Å². The van der Waals surface area contributed by atoms with E-state index in [1.807, 2.05) is 7.05 Å². The highest BCUT2D eigenvalue weighted by Crippen LogP contribution is 2.21. The van der Waals surface area contributed by atoms with Crippen LogP contribution in [0.3, 0.4) is 0 Å². The number of ether oxygens (including phenoxy) is 1. The van der Waals surface area contributed by atoms with Crippen LogP contribution in [0.4, 0.5) is 8.78 Å². The van der Waals surface area contributed by atoms with Crippen LogP contribution in [-0.2, 0) is 12.8 Å². The Morgan fingerprint density at radius 3 is 2.38 bits per heavy atom. The molecule has 21 heavy (non-hydrogen) atoms. The summed E-state index contributed by atoms with van der Waals surface area (Å²) in [6.07, 6.45) is 1.24. The summed E-state index contributed by atoms with van der Waals surface area (Å²) >= 11 is 0. The van der Waals surface area contributed by atoms with Crippen LogP contribution in [0.2, 0.25) is 0 Å². The van der Waals surface area contributed by atoms with Crippen LogP contribution in [0.15, 0.2) is 42.5 Å². The van der Waals surface area contributed by atoms with E-state index < -0.39 is 0 Å². The maximum Gasteiger partial charge on any atom is 0.168 e. The van der Waals surface area contributed by atoms with Crippen molar-refractivity contribution in [3.8, 4) is 5.75 Å². The van der Waals surface area contributed by atoms with Gasteiger partial charge in [-0.3, -0.25) is 0 Å². The quantitative estimate of drug-likeness (QED) is 0.881. The molecule has 0 fully saturated rings. The van der Waals surface area contributed by atoms with E-state index in [-0.39, 0.29) is 23.4 Å². The summed E-state index contributed by atoms with van der Waals surface area (Å²) in [5.74, 6) is -0.318. The number of benzene rings is 2. The molecule has 0 aromatic heterocycles. The van der Waals surface area contributed by atoms with E-state index in [9.17, 15) is 8.78 Å². The SMILES string of the molecule is CNC(Cc1ccc(F)cc1)Cc1cccc(OC)c1F. The molecule has 0 aliphatic rings. The average molecular weight is 291 g/mol. The number of hydrogen-bond acceptors (Lipinski definition) is 2. The molecule has 0 bridgehead atoms. The first-order valence-electron chi connectivity index (χ1n) is 6.87. The van der Waals surface area contributed by atoms with Gasteiger partial charge in [-0.15, -0.1) is 0 Å². The van der Waals surface area contributed by atoms with Gasteiger partial charge in [0.15, 0.2) is 11.6 Å². The van der Waals surface area contributed by atoms with Gasteiger partial charge in [-0.05, 0) is 49.2 Å². The normalized spacial score (nSPS) is 12.2. The van der Waals surface area contributed by atoms with Crippen LogP contribution < -0.4 is 10.1 Å². The van der Waals surface area contributed by atoms with Gasteiger partial charge in [0.2, 0.25) is 0 Å². The van der Waals surface area contributed by atoms with Crippen molar-refractivity contribution >= 4 is 0 Å². The summed E-state index contributed by atoms with van der Waals surface area (Å²) in [7, 11) is 3.29. The standard InChI is InChI=1S/C17H19F2NO/c1-20-15(10-12-6-8-14(18)9-7-12)11-13-4-3-5-16(21-2)17(13)19/h3-9,15,20H,10-11H2,1-2H3. The van der Waals surface area contributed by atoms with Gasteiger partial charge in [0.25, 0.3) is 0 Å². The van der Waals surface area contributed by atoms with Crippen molar-refractivity contribution in [1.82, 2.24) is 5.32 Å². The lowest BCUT2D eigenvalue weighted by Crippen LogP contribution is -2.30. The molecule has 4 heteroatoms. The summed E-state index contributed by atoms with van der Waals surface area (Å²) in [4.78, 5) is 0. The van der Waals surface area contributed by atoms with E-state index in [0.29, 0.717) is 18.4 Å². The second kappa shape index (κ2) is 7.18. The lowest BCUT2D eigenvalue weighted by molar-refractivity contribution is 0.382. The third kappa shape index (κ3) is 4.02. The van der Waals surface area contributed by atoms with Crippen molar-refractivity contribution in [3.05, 3.63) is 65.2 Å². The van der Waals surface area contributed by atoms with Crippen LogP contribution in [0, 0.1) is 11.6 Å². The Hall–Kier alpha value is -1.94. The van der Waals surface area contributed by atoms with Gasteiger partial charge < -0.3 is 10.1 Å². The Kier molecular flexibility index (Phi) is 5.28. The number of halogens is 2. The summed E-state index contributed by atoms with van der Waals surface area (Å²) in [5.41, 5.74) is 1.62. The first kappa shape index (κ1) is 15.4. The molecule has 0 radical (unpaired) electrons. The first-order chi connectivity index (χ1) is 10.1. The molecule has 1 unspecified atom stereocenters. The van der Waals surface area contributed by atoms with Gasteiger partial charge >= 0.3 is 0 Å². The van der Waals surface area contributed by atoms with Crippen molar-refractivity contribution in [2.75, 3.05) is 14.2 Å². The molecular formula is C17H19F2NO. The highest BCUT2D eigenvalue weighted by atomic mass is 19.1. The fraction of sp³-hybridized carbons (Fsp3) is 0.294. The molecular weight excluding hydrogens is 272 g/mol. The lowest BCUT2D eigenvalue weighted by atomic mass is 9.98. The number of methoxy groups -OCH3 is 1. The van der Waals surface area contributed by atoms with E-state index in [1.165, 1.54) is 19.2 Å². The Balaban J connectivity index is 2.10. The number of nitrogens with one attached hydrogen (secondary N) is 1. The van der Waals surface area contributed by atoms with E-state index in [4.69, 9.17) is 4.74 Å². The third-order valence-electron chi connectivity index (χ3n) is 3.53. The third-order valence-corrected chi connectivity index (χ3v) is 3.53. The zero-order valence-corrected chi connectivity index (χ0v) is 12.2.